The van der Waals surface area contributed by atoms with Crippen LogP contribution < -0.4 is 5.73 Å². The van der Waals surface area contributed by atoms with Gasteiger partial charge < -0.3 is 10.8 Å². The fraction of sp³-hybridized carbons (Fsp3) is 0.364. The van der Waals surface area contributed by atoms with E-state index in [1.165, 1.54) is 0 Å². The highest BCUT2D eigenvalue weighted by atomic mass is 16.3. The fourth-order valence-corrected chi connectivity index (χ4v) is 0.779. The van der Waals surface area contributed by atoms with Crippen molar-refractivity contribution in [3.05, 3.63) is 30.3 Å². The van der Waals surface area contributed by atoms with E-state index in [1.54, 1.807) is 24.3 Å². The molecule has 14 heavy (non-hydrogen) atoms. The van der Waals surface area contributed by atoms with Crippen LogP contribution in [0.4, 0.5) is 0 Å². The van der Waals surface area contributed by atoms with Crippen LogP contribution in [0.2, 0.25) is 0 Å². The van der Waals surface area contributed by atoms with Gasteiger partial charge in [-0.15, -0.1) is 0 Å². The standard InChI is InChI=1S/C6H6O.C5H11NO/c7-6-4-2-1-3-5-6;1-2-3-4-5(6)7/h1-5,7H;2-4H2,1H3,(H2,6,7). The zero-order valence-electron chi connectivity index (χ0n) is 8.44. The summed E-state index contributed by atoms with van der Waals surface area (Å²) in [7, 11) is 0. The van der Waals surface area contributed by atoms with Gasteiger partial charge >= 0.3 is 0 Å². The van der Waals surface area contributed by atoms with Gasteiger partial charge in [-0.3, -0.25) is 4.79 Å². The van der Waals surface area contributed by atoms with Gasteiger partial charge in [0.05, 0.1) is 0 Å². The van der Waals surface area contributed by atoms with Crippen LogP contribution >= 0.6 is 0 Å². The first kappa shape index (κ1) is 12.5. The summed E-state index contributed by atoms with van der Waals surface area (Å²) in [4.78, 5) is 9.98. The number of nitrogens with two attached hydrogens (primary N) is 1. The zero-order valence-corrected chi connectivity index (χ0v) is 8.44. The Morgan fingerprint density at radius 2 is 1.93 bits per heavy atom. The second-order valence-corrected chi connectivity index (χ2v) is 2.91. The number of carbonyl (C=O) groups is 1. The Kier molecular flexibility index (Phi) is 7.23. The first-order chi connectivity index (χ1) is 6.66. The van der Waals surface area contributed by atoms with E-state index < -0.39 is 0 Å². The molecule has 0 atom stereocenters. The minimum atomic E-state index is -0.193. The molecular weight excluding hydrogens is 178 g/mol. The molecule has 0 aliphatic rings. The van der Waals surface area contributed by atoms with E-state index in [0.29, 0.717) is 12.2 Å². The smallest absolute Gasteiger partial charge is 0.217 e. The Morgan fingerprint density at radius 1 is 1.36 bits per heavy atom. The summed E-state index contributed by atoms with van der Waals surface area (Å²) in [5, 5.41) is 8.63. The van der Waals surface area contributed by atoms with Crippen molar-refractivity contribution in [2.24, 2.45) is 5.73 Å². The molecule has 0 spiro atoms. The van der Waals surface area contributed by atoms with Crippen LogP contribution in [0.15, 0.2) is 30.3 Å². The molecule has 0 heterocycles. The quantitative estimate of drug-likeness (QED) is 0.775. The Bertz CT molecular complexity index is 247. The third-order valence-corrected chi connectivity index (χ3v) is 1.53. The molecule has 0 saturated carbocycles. The van der Waals surface area contributed by atoms with E-state index >= 15 is 0 Å². The molecule has 1 aromatic rings. The number of amides is 1. The van der Waals surface area contributed by atoms with Crippen molar-refractivity contribution in [2.75, 3.05) is 0 Å². The van der Waals surface area contributed by atoms with Crippen molar-refractivity contribution in [2.45, 2.75) is 26.2 Å². The molecule has 1 rings (SSSR count). The summed E-state index contributed by atoms with van der Waals surface area (Å²) in [6.45, 7) is 2.03. The van der Waals surface area contributed by atoms with Gasteiger partial charge in [0.25, 0.3) is 0 Å². The second-order valence-electron chi connectivity index (χ2n) is 2.91. The third-order valence-electron chi connectivity index (χ3n) is 1.53. The molecule has 0 unspecified atom stereocenters. The number of primary amides is 1. The van der Waals surface area contributed by atoms with E-state index in [9.17, 15) is 4.79 Å². The molecule has 1 aromatic carbocycles. The van der Waals surface area contributed by atoms with Crippen molar-refractivity contribution in [3.8, 4) is 5.75 Å². The lowest BCUT2D eigenvalue weighted by atomic mass is 10.2. The Morgan fingerprint density at radius 3 is 2.14 bits per heavy atom. The molecule has 0 aliphatic carbocycles. The number of phenolic OH excluding ortho intramolecular Hbond substituents is 1. The van der Waals surface area contributed by atoms with E-state index in [2.05, 4.69) is 0 Å². The number of benzene rings is 1. The van der Waals surface area contributed by atoms with Gasteiger partial charge in [-0.25, -0.2) is 0 Å². The van der Waals surface area contributed by atoms with Crippen molar-refractivity contribution < 1.29 is 9.90 Å². The SMILES string of the molecule is CCCCC(N)=O.Oc1ccccc1. The van der Waals surface area contributed by atoms with Crippen molar-refractivity contribution in [1.29, 1.82) is 0 Å². The van der Waals surface area contributed by atoms with Crippen LogP contribution in [0.3, 0.4) is 0 Å². The number of rotatable bonds is 3. The van der Waals surface area contributed by atoms with E-state index in [0.717, 1.165) is 12.8 Å². The number of hydrogen-bond acceptors (Lipinski definition) is 2. The molecule has 0 aliphatic heterocycles. The molecule has 0 saturated heterocycles. The number of carbonyl (C=O) groups excluding carboxylic acids is 1. The molecule has 3 N–H and O–H groups in total. The summed E-state index contributed by atoms with van der Waals surface area (Å²) in [5.41, 5.74) is 4.84. The van der Waals surface area contributed by atoms with Crippen molar-refractivity contribution in [3.63, 3.8) is 0 Å². The maximum Gasteiger partial charge on any atom is 0.217 e. The highest BCUT2D eigenvalue weighted by molar-refractivity contribution is 5.73. The van der Waals surface area contributed by atoms with Crippen LogP contribution in [0.25, 0.3) is 0 Å². The lowest BCUT2D eigenvalue weighted by Crippen LogP contribution is -2.09. The molecule has 78 valence electrons. The van der Waals surface area contributed by atoms with Gasteiger partial charge in [-0.1, -0.05) is 31.5 Å². The highest BCUT2D eigenvalue weighted by Gasteiger charge is 1.88. The molecule has 3 heteroatoms. The first-order valence-electron chi connectivity index (χ1n) is 4.69. The minimum absolute atomic E-state index is 0.193. The number of para-hydroxylation sites is 1. The second kappa shape index (κ2) is 8.10. The molecule has 1 amide bonds. The lowest BCUT2D eigenvalue weighted by molar-refractivity contribution is -0.118. The van der Waals surface area contributed by atoms with Crippen molar-refractivity contribution >= 4 is 5.91 Å². The first-order valence-corrected chi connectivity index (χ1v) is 4.69. The van der Waals surface area contributed by atoms with Crippen LogP contribution in [0.1, 0.15) is 26.2 Å². The zero-order chi connectivity index (χ0) is 10.8. The fourth-order valence-electron chi connectivity index (χ4n) is 0.779. The van der Waals surface area contributed by atoms with Gasteiger partial charge in [0.1, 0.15) is 5.75 Å². The van der Waals surface area contributed by atoms with E-state index in [-0.39, 0.29) is 5.91 Å². The lowest BCUT2D eigenvalue weighted by Gasteiger charge is -1.86. The summed E-state index contributed by atoms with van der Waals surface area (Å²) < 4.78 is 0. The van der Waals surface area contributed by atoms with Crippen molar-refractivity contribution in [1.82, 2.24) is 0 Å². The van der Waals surface area contributed by atoms with Crippen LogP contribution in [-0.4, -0.2) is 11.0 Å². The highest BCUT2D eigenvalue weighted by Crippen LogP contribution is 2.02. The molecule has 0 radical (unpaired) electrons. The molecule has 0 bridgehead atoms. The third kappa shape index (κ3) is 8.59. The number of unbranched alkanes of at least 4 members (excludes halogenated alkanes) is 1. The molecular formula is C11H17NO2. The predicted octanol–water partition coefficient (Wildman–Crippen LogP) is 2.05. The van der Waals surface area contributed by atoms with Gasteiger partial charge in [0.2, 0.25) is 5.91 Å². The Labute approximate surface area is 84.6 Å². The Hall–Kier alpha value is -1.51. The monoisotopic (exact) mass is 195 g/mol. The minimum Gasteiger partial charge on any atom is -0.508 e. The largest absolute Gasteiger partial charge is 0.508 e. The van der Waals surface area contributed by atoms with E-state index in [1.807, 2.05) is 13.0 Å². The van der Waals surface area contributed by atoms with Crippen LogP contribution in [-0.2, 0) is 4.79 Å². The van der Waals surface area contributed by atoms with E-state index in [4.69, 9.17) is 10.8 Å². The Balaban J connectivity index is 0.000000241. The van der Waals surface area contributed by atoms with Crippen LogP contribution in [0.5, 0.6) is 5.75 Å². The summed E-state index contributed by atoms with van der Waals surface area (Å²) in [6, 6.07) is 8.71. The summed E-state index contributed by atoms with van der Waals surface area (Å²) in [5.74, 6) is 0.129. The number of phenols is 1. The average Bonchev–Trinajstić information content (AvgIpc) is 2.17. The number of aromatic hydroxyl groups is 1. The predicted molar refractivity (Wildman–Crippen MR) is 56.8 cm³/mol. The normalized spacial score (nSPS) is 8.64. The van der Waals surface area contributed by atoms with Gasteiger partial charge in [0, 0.05) is 6.42 Å². The molecule has 0 fully saturated rings. The van der Waals surface area contributed by atoms with Gasteiger partial charge in [0.15, 0.2) is 0 Å². The molecule has 0 aromatic heterocycles. The summed E-state index contributed by atoms with van der Waals surface area (Å²) in [6.07, 6.45) is 2.51. The van der Waals surface area contributed by atoms with Gasteiger partial charge in [-0.05, 0) is 18.6 Å². The topological polar surface area (TPSA) is 63.3 Å². The number of hydrogen-bond donors (Lipinski definition) is 2. The van der Waals surface area contributed by atoms with Crippen LogP contribution in [0, 0.1) is 0 Å². The van der Waals surface area contributed by atoms with Gasteiger partial charge in [-0.2, -0.15) is 0 Å². The maximum absolute atomic E-state index is 9.98. The average molecular weight is 195 g/mol. The molecule has 3 nitrogen and oxygen atoms in total. The summed E-state index contributed by atoms with van der Waals surface area (Å²) >= 11 is 0. The maximum atomic E-state index is 9.98.